The quantitative estimate of drug-likeness (QED) is 0.756. The van der Waals surface area contributed by atoms with E-state index in [1.165, 1.54) is 18.2 Å². The topological polar surface area (TPSA) is 115 Å². The van der Waals surface area contributed by atoms with Crippen molar-refractivity contribution in [1.82, 2.24) is 0 Å². The van der Waals surface area contributed by atoms with Crippen LogP contribution < -0.4 is 16.2 Å². The van der Waals surface area contributed by atoms with Crippen molar-refractivity contribution in [3.63, 3.8) is 0 Å². The van der Waals surface area contributed by atoms with Crippen LogP contribution in [0.2, 0.25) is 0 Å². The molecule has 0 radical (unpaired) electrons. The molecule has 1 atom stereocenters. The second kappa shape index (κ2) is 5.28. The third kappa shape index (κ3) is 4.02. The van der Waals surface area contributed by atoms with Gasteiger partial charge in [-0.1, -0.05) is 32.9 Å². The van der Waals surface area contributed by atoms with Gasteiger partial charge in [-0.2, -0.15) is 0 Å². The number of rotatable bonds is 3. The van der Waals surface area contributed by atoms with Crippen LogP contribution in [0.25, 0.3) is 0 Å². The van der Waals surface area contributed by atoms with E-state index in [0.717, 1.165) is 0 Å². The number of anilines is 1. The third-order valence-corrected chi connectivity index (χ3v) is 3.64. The molecule has 0 spiro atoms. The lowest BCUT2D eigenvalue weighted by atomic mass is 9.87. The van der Waals surface area contributed by atoms with E-state index in [1.807, 2.05) is 20.8 Å². The van der Waals surface area contributed by atoms with E-state index in [-0.39, 0.29) is 10.6 Å². The molecule has 0 aliphatic heterocycles. The van der Waals surface area contributed by atoms with E-state index < -0.39 is 27.4 Å². The van der Waals surface area contributed by atoms with Crippen LogP contribution in [0.3, 0.4) is 0 Å². The number of amides is 1. The minimum Gasteiger partial charge on any atom is -0.323 e. The zero-order chi connectivity index (χ0) is 14.8. The molecule has 1 rings (SSSR count). The molecule has 0 aliphatic carbocycles. The van der Waals surface area contributed by atoms with Crippen molar-refractivity contribution in [2.75, 3.05) is 5.32 Å². The Kier molecular flexibility index (Phi) is 4.34. The summed E-state index contributed by atoms with van der Waals surface area (Å²) in [4.78, 5) is 11.8. The van der Waals surface area contributed by atoms with Gasteiger partial charge in [0.2, 0.25) is 15.9 Å². The Bertz CT molecular complexity index is 576. The molecule has 1 aromatic rings. The number of hydrogen-bond donors (Lipinski definition) is 3. The number of sulfonamides is 1. The average molecular weight is 285 g/mol. The van der Waals surface area contributed by atoms with Crippen molar-refractivity contribution in [3.05, 3.63) is 24.3 Å². The van der Waals surface area contributed by atoms with Crippen LogP contribution in [0.4, 0.5) is 5.69 Å². The molecule has 106 valence electrons. The summed E-state index contributed by atoms with van der Waals surface area (Å²) in [6, 6.07) is 5.16. The predicted molar refractivity (Wildman–Crippen MR) is 73.9 cm³/mol. The van der Waals surface area contributed by atoms with E-state index in [0.29, 0.717) is 0 Å². The largest absolute Gasteiger partial charge is 0.323 e. The van der Waals surface area contributed by atoms with E-state index in [1.54, 1.807) is 6.07 Å². The SMILES string of the molecule is CC(C)(C)[C@H](N)C(=O)Nc1ccccc1S(N)(=O)=O. The number of carbonyl (C=O) groups is 1. The van der Waals surface area contributed by atoms with Gasteiger partial charge in [0, 0.05) is 0 Å². The van der Waals surface area contributed by atoms with Gasteiger partial charge in [0.15, 0.2) is 0 Å². The summed E-state index contributed by atoms with van der Waals surface area (Å²) in [5.41, 5.74) is 5.51. The second-order valence-electron chi connectivity index (χ2n) is 5.37. The fourth-order valence-corrected chi connectivity index (χ4v) is 2.12. The fourth-order valence-electron chi connectivity index (χ4n) is 1.42. The van der Waals surface area contributed by atoms with Crippen molar-refractivity contribution in [3.8, 4) is 0 Å². The molecule has 0 heterocycles. The van der Waals surface area contributed by atoms with Gasteiger partial charge in [-0.15, -0.1) is 0 Å². The van der Waals surface area contributed by atoms with Gasteiger partial charge in [-0.25, -0.2) is 13.6 Å². The minimum atomic E-state index is -3.90. The maximum absolute atomic E-state index is 12.0. The van der Waals surface area contributed by atoms with Crippen molar-refractivity contribution < 1.29 is 13.2 Å². The van der Waals surface area contributed by atoms with Crippen LogP contribution in [-0.2, 0) is 14.8 Å². The molecule has 0 saturated heterocycles. The molecule has 5 N–H and O–H groups in total. The Morgan fingerprint density at radius 3 is 2.26 bits per heavy atom. The van der Waals surface area contributed by atoms with Gasteiger partial charge >= 0.3 is 0 Å². The van der Waals surface area contributed by atoms with Gasteiger partial charge < -0.3 is 11.1 Å². The van der Waals surface area contributed by atoms with Gasteiger partial charge in [0.1, 0.15) is 4.90 Å². The Morgan fingerprint density at radius 2 is 1.79 bits per heavy atom. The molecule has 19 heavy (non-hydrogen) atoms. The number of nitrogens with one attached hydrogen (secondary N) is 1. The van der Waals surface area contributed by atoms with Crippen molar-refractivity contribution in [2.45, 2.75) is 31.7 Å². The Morgan fingerprint density at radius 1 is 1.26 bits per heavy atom. The summed E-state index contributed by atoms with van der Waals surface area (Å²) >= 11 is 0. The molecule has 1 amide bonds. The molecule has 0 fully saturated rings. The standard InChI is InChI=1S/C12H19N3O3S/c1-12(2,3)10(13)11(16)15-8-6-4-5-7-9(8)19(14,17)18/h4-7,10H,13H2,1-3H3,(H,15,16)(H2,14,17,18)/t10-/m1/s1. The first-order valence-electron chi connectivity index (χ1n) is 5.72. The molecule has 0 bridgehead atoms. The van der Waals surface area contributed by atoms with Gasteiger partial charge in [0.05, 0.1) is 11.7 Å². The van der Waals surface area contributed by atoms with Crippen LogP contribution >= 0.6 is 0 Å². The highest BCUT2D eigenvalue weighted by atomic mass is 32.2. The van der Waals surface area contributed by atoms with Crippen molar-refractivity contribution in [2.24, 2.45) is 16.3 Å². The van der Waals surface area contributed by atoms with E-state index >= 15 is 0 Å². The lowest BCUT2D eigenvalue weighted by Crippen LogP contribution is -2.45. The lowest BCUT2D eigenvalue weighted by Gasteiger charge is -2.26. The summed E-state index contributed by atoms with van der Waals surface area (Å²) in [5.74, 6) is -0.455. The number of carbonyl (C=O) groups excluding carboxylic acids is 1. The first-order valence-corrected chi connectivity index (χ1v) is 7.26. The monoisotopic (exact) mass is 285 g/mol. The minimum absolute atomic E-state index is 0.134. The maximum Gasteiger partial charge on any atom is 0.241 e. The number of nitrogens with two attached hydrogens (primary N) is 2. The fraction of sp³-hybridized carbons (Fsp3) is 0.417. The Balaban J connectivity index is 3.05. The Labute approximate surface area is 113 Å². The van der Waals surface area contributed by atoms with E-state index in [9.17, 15) is 13.2 Å². The smallest absolute Gasteiger partial charge is 0.241 e. The zero-order valence-electron chi connectivity index (χ0n) is 11.2. The molecule has 0 aliphatic rings. The summed E-state index contributed by atoms with van der Waals surface area (Å²) in [6.45, 7) is 5.47. The number of hydrogen-bond acceptors (Lipinski definition) is 4. The molecular formula is C12H19N3O3S. The normalized spacial score (nSPS) is 13.9. The van der Waals surface area contributed by atoms with Crippen molar-refractivity contribution >= 4 is 21.6 Å². The molecule has 1 aromatic carbocycles. The lowest BCUT2D eigenvalue weighted by molar-refractivity contribution is -0.119. The predicted octanol–water partition coefficient (Wildman–Crippen LogP) is 0.646. The molecule has 0 unspecified atom stereocenters. The average Bonchev–Trinajstić information content (AvgIpc) is 2.26. The van der Waals surface area contributed by atoms with Crippen molar-refractivity contribution in [1.29, 1.82) is 0 Å². The van der Waals surface area contributed by atoms with Gasteiger partial charge in [-0.05, 0) is 17.5 Å². The first kappa shape index (κ1) is 15.6. The van der Waals surface area contributed by atoms with E-state index in [2.05, 4.69) is 5.32 Å². The van der Waals surface area contributed by atoms with Crippen LogP contribution in [0.15, 0.2) is 29.2 Å². The number of benzene rings is 1. The Hall–Kier alpha value is -1.44. The molecule has 0 aromatic heterocycles. The summed E-state index contributed by atoms with van der Waals surface area (Å²) in [5, 5.41) is 7.59. The molecule has 6 nitrogen and oxygen atoms in total. The maximum atomic E-state index is 12.0. The molecular weight excluding hydrogens is 266 g/mol. The highest BCUT2D eigenvalue weighted by Gasteiger charge is 2.28. The summed E-state index contributed by atoms with van der Waals surface area (Å²) in [7, 11) is -3.90. The summed E-state index contributed by atoms with van der Waals surface area (Å²) < 4.78 is 22.8. The number of para-hydroxylation sites is 1. The van der Waals surface area contributed by atoms with Crippen LogP contribution in [-0.4, -0.2) is 20.4 Å². The summed E-state index contributed by atoms with van der Waals surface area (Å²) in [6.07, 6.45) is 0. The second-order valence-corrected chi connectivity index (χ2v) is 6.90. The molecule has 7 heteroatoms. The van der Waals surface area contributed by atoms with E-state index in [4.69, 9.17) is 10.9 Å². The highest BCUT2D eigenvalue weighted by molar-refractivity contribution is 7.89. The first-order chi connectivity index (χ1) is 8.53. The highest BCUT2D eigenvalue weighted by Crippen LogP contribution is 2.22. The van der Waals surface area contributed by atoms with Crippen LogP contribution in [0, 0.1) is 5.41 Å². The zero-order valence-corrected chi connectivity index (χ0v) is 12.0. The molecule has 0 saturated carbocycles. The van der Waals surface area contributed by atoms with Crippen LogP contribution in [0.1, 0.15) is 20.8 Å². The number of primary sulfonamides is 1. The van der Waals surface area contributed by atoms with Gasteiger partial charge in [0.25, 0.3) is 0 Å². The van der Waals surface area contributed by atoms with Gasteiger partial charge in [-0.3, -0.25) is 4.79 Å². The third-order valence-electron chi connectivity index (χ3n) is 2.67. The van der Waals surface area contributed by atoms with Crippen LogP contribution in [0.5, 0.6) is 0 Å².